The molecule has 0 spiro atoms. The second-order valence-electron chi connectivity index (χ2n) is 15.1. The predicted molar refractivity (Wildman–Crippen MR) is 243 cm³/mol. The minimum absolute atomic E-state index is 1.26. The summed E-state index contributed by atoms with van der Waals surface area (Å²) in [6, 6.07) is 76.7. The van der Waals surface area contributed by atoms with Gasteiger partial charge in [0.15, 0.2) is 0 Å². The number of hydrogen-bond acceptors (Lipinski definition) is 0. The van der Waals surface area contributed by atoms with E-state index in [2.05, 4.69) is 206 Å². The molecule has 0 aliphatic carbocycles. The fourth-order valence-corrected chi connectivity index (χ4v) is 9.90. The molecule has 0 fully saturated rings. The summed E-state index contributed by atoms with van der Waals surface area (Å²) in [7, 11) is 0. The zero-order chi connectivity index (χ0) is 36.7. The molecule has 12 aromatic rings. The van der Waals surface area contributed by atoms with Crippen molar-refractivity contribution in [3.63, 3.8) is 0 Å². The zero-order valence-electron chi connectivity index (χ0n) is 30.6. The molecule has 0 atom stereocenters. The van der Waals surface area contributed by atoms with Gasteiger partial charge in [-0.2, -0.15) is 0 Å². The van der Waals surface area contributed by atoms with E-state index in [4.69, 9.17) is 0 Å². The minimum atomic E-state index is 1.26. The molecular weight excluding hydrogens is 673 g/mol. The lowest BCUT2D eigenvalue weighted by Gasteiger charge is -2.24. The molecule has 0 aliphatic rings. The molecule has 0 radical (unpaired) electrons. The van der Waals surface area contributed by atoms with Gasteiger partial charge in [-0.05, 0) is 132 Å². The third-order valence-corrected chi connectivity index (χ3v) is 12.2. The summed E-state index contributed by atoms with van der Waals surface area (Å²) in [4.78, 5) is 0. The van der Waals surface area contributed by atoms with Crippen molar-refractivity contribution in [3.05, 3.63) is 206 Å². The van der Waals surface area contributed by atoms with Crippen LogP contribution in [0.25, 0.3) is 120 Å². The standard InChI is InChI=1S/C56H34/c1-5-21-39-35(17-1)33-36-18-2-6-22-40(36)51(39)53-43-25-9-13-29-47(43)55(48-30-14-10-26-44(48)53)56-49-31-15-11-27-45(49)54(46-28-12-16-32-50(46)56)52-41-23-7-3-19-37(41)34-38-20-4-8-24-42(38)52/h1-34H. The second-order valence-corrected chi connectivity index (χ2v) is 15.1. The Balaban J connectivity index is 1.28. The van der Waals surface area contributed by atoms with Crippen LogP contribution in [0.15, 0.2) is 206 Å². The quantitative estimate of drug-likeness (QED) is 0.160. The molecule has 12 rings (SSSR count). The molecule has 0 amide bonds. The number of hydrogen-bond donors (Lipinski definition) is 0. The van der Waals surface area contributed by atoms with Gasteiger partial charge in [0.1, 0.15) is 0 Å². The maximum absolute atomic E-state index is 2.35. The molecule has 0 heterocycles. The van der Waals surface area contributed by atoms with Crippen molar-refractivity contribution in [1.82, 2.24) is 0 Å². The average molecular weight is 707 g/mol. The SMILES string of the molecule is c1ccc2c(-c3c4ccccc4c(-c4c5ccccc5c(-c5c6ccccc6cc6ccccc56)c5ccccc45)c4ccccc34)c3ccccc3cc2c1. The Hall–Kier alpha value is -7.28. The molecule has 12 aromatic carbocycles. The zero-order valence-corrected chi connectivity index (χ0v) is 30.6. The van der Waals surface area contributed by atoms with Crippen LogP contribution in [0.3, 0.4) is 0 Å². The van der Waals surface area contributed by atoms with Crippen LogP contribution in [0.2, 0.25) is 0 Å². The number of rotatable bonds is 3. The Morgan fingerprint density at radius 2 is 0.286 bits per heavy atom. The smallest absolute Gasteiger partial charge is 0.00139 e. The topological polar surface area (TPSA) is 0 Å². The van der Waals surface area contributed by atoms with E-state index in [9.17, 15) is 0 Å². The first-order valence-corrected chi connectivity index (χ1v) is 19.5. The Labute approximate surface area is 324 Å². The highest BCUT2D eigenvalue weighted by molar-refractivity contribution is 6.33. The van der Waals surface area contributed by atoms with Crippen molar-refractivity contribution in [2.75, 3.05) is 0 Å². The van der Waals surface area contributed by atoms with Crippen molar-refractivity contribution in [3.8, 4) is 33.4 Å². The maximum Gasteiger partial charge on any atom is -0.00139 e. The first-order chi connectivity index (χ1) is 27.8. The second kappa shape index (κ2) is 12.1. The van der Waals surface area contributed by atoms with Crippen LogP contribution in [0.5, 0.6) is 0 Å². The lowest BCUT2D eigenvalue weighted by Crippen LogP contribution is -1.96. The Morgan fingerprint density at radius 1 is 0.143 bits per heavy atom. The van der Waals surface area contributed by atoms with Gasteiger partial charge in [0.05, 0.1) is 0 Å². The van der Waals surface area contributed by atoms with Crippen LogP contribution in [0.1, 0.15) is 0 Å². The lowest BCUT2D eigenvalue weighted by atomic mass is 9.79. The Bertz CT molecular complexity index is 3130. The highest BCUT2D eigenvalue weighted by Gasteiger charge is 2.24. The number of fused-ring (bicyclic) bond motifs is 8. The largest absolute Gasteiger partial charge is 0.0616 e. The van der Waals surface area contributed by atoms with Crippen molar-refractivity contribution in [2.45, 2.75) is 0 Å². The van der Waals surface area contributed by atoms with Crippen molar-refractivity contribution >= 4 is 86.2 Å². The molecule has 0 N–H and O–H groups in total. The normalized spacial score (nSPS) is 11.9. The molecule has 0 aromatic heterocycles. The number of benzene rings is 12. The molecule has 56 heavy (non-hydrogen) atoms. The maximum atomic E-state index is 2.35. The van der Waals surface area contributed by atoms with Crippen LogP contribution < -0.4 is 0 Å². The Kier molecular flexibility index (Phi) is 6.73. The summed E-state index contributed by atoms with van der Waals surface area (Å²) >= 11 is 0. The van der Waals surface area contributed by atoms with Gasteiger partial charge in [0.2, 0.25) is 0 Å². The lowest BCUT2D eigenvalue weighted by molar-refractivity contribution is 1.70. The highest BCUT2D eigenvalue weighted by atomic mass is 14.3. The summed E-state index contributed by atoms with van der Waals surface area (Å²) < 4.78 is 0. The monoisotopic (exact) mass is 706 g/mol. The van der Waals surface area contributed by atoms with Crippen molar-refractivity contribution < 1.29 is 0 Å². The van der Waals surface area contributed by atoms with E-state index in [1.807, 2.05) is 0 Å². The summed E-state index contributed by atoms with van der Waals surface area (Å²) in [5.41, 5.74) is 7.74. The van der Waals surface area contributed by atoms with Crippen LogP contribution in [0.4, 0.5) is 0 Å². The molecule has 0 nitrogen and oxygen atoms in total. The van der Waals surface area contributed by atoms with Crippen LogP contribution in [0, 0.1) is 0 Å². The molecule has 258 valence electrons. The Morgan fingerprint density at radius 3 is 0.482 bits per heavy atom. The average Bonchev–Trinajstić information content (AvgIpc) is 3.26. The van der Waals surface area contributed by atoms with Gasteiger partial charge in [0.25, 0.3) is 0 Å². The van der Waals surface area contributed by atoms with Gasteiger partial charge in [-0.25, -0.2) is 0 Å². The van der Waals surface area contributed by atoms with Crippen LogP contribution in [-0.2, 0) is 0 Å². The van der Waals surface area contributed by atoms with E-state index in [1.165, 1.54) is 120 Å². The predicted octanol–water partition coefficient (Wildman–Crippen LogP) is 15.9. The van der Waals surface area contributed by atoms with E-state index in [-0.39, 0.29) is 0 Å². The highest BCUT2D eigenvalue weighted by Crippen LogP contribution is 2.52. The van der Waals surface area contributed by atoms with Gasteiger partial charge >= 0.3 is 0 Å². The molecule has 0 saturated heterocycles. The first kappa shape index (κ1) is 31.1. The molecule has 0 bridgehead atoms. The van der Waals surface area contributed by atoms with Gasteiger partial charge in [-0.3, -0.25) is 0 Å². The molecular formula is C56H34. The van der Waals surface area contributed by atoms with E-state index in [0.29, 0.717) is 0 Å². The molecule has 0 unspecified atom stereocenters. The van der Waals surface area contributed by atoms with E-state index >= 15 is 0 Å². The summed E-state index contributed by atoms with van der Waals surface area (Å²) in [5, 5.41) is 20.2. The van der Waals surface area contributed by atoms with Gasteiger partial charge in [-0.15, -0.1) is 0 Å². The van der Waals surface area contributed by atoms with Gasteiger partial charge < -0.3 is 0 Å². The van der Waals surface area contributed by atoms with Crippen molar-refractivity contribution in [1.29, 1.82) is 0 Å². The third-order valence-electron chi connectivity index (χ3n) is 12.2. The third kappa shape index (κ3) is 4.42. The van der Waals surface area contributed by atoms with E-state index in [0.717, 1.165) is 0 Å². The van der Waals surface area contributed by atoms with Gasteiger partial charge in [0, 0.05) is 0 Å². The molecule has 0 saturated carbocycles. The summed E-state index contributed by atoms with van der Waals surface area (Å²) in [6.45, 7) is 0. The minimum Gasteiger partial charge on any atom is -0.0616 e. The van der Waals surface area contributed by atoms with Crippen molar-refractivity contribution in [2.24, 2.45) is 0 Å². The summed E-state index contributed by atoms with van der Waals surface area (Å²) in [6.07, 6.45) is 0. The van der Waals surface area contributed by atoms with Gasteiger partial charge in [-0.1, -0.05) is 194 Å². The van der Waals surface area contributed by atoms with E-state index < -0.39 is 0 Å². The van der Waals surface area contributed by atoms with E-state index in [1.54, 1.807) is 0 Å². The first-order valence-electron chi connectivity index (χ1n) is 19.5. The molecule has 0 heteroatoms. The van der Waals surface area contributed by atoms with Crippen LogP contribution >= 0.6 is 0 Å². The molecule has 0 aliphatic heterocycles. The summed E-state index contributed by atoms with van der Waals surface area (Å²) in [5.74, 6) is 0. The fourth-order valence-electron chi connectivity index (χ4n) is 9.90. The van der Waals surface area contributed by atoms with Crippen LogP contribution in [-0.4, -0.2) is 0 Å². The fraction of sp³-hybridized carbons (Fsp3) is 0.